The van der Waals surface area contributed by atoms with Crippen molar-refractivity contribution in [3.05, 3.63) is 47.5 Å². The van der Waals surface area contributed by atoms with E-state index in [2.05, 4.69) is 0 Å². The van der Waals surface area contributed by atoms with E-state index in [4.69, 9.17) is 0 Å². The molecule has 0 aliphatic carbocycles. The van der Waals surface area contributed by atoms with Crippen LogP contribution in [-0.4, -0.2) is 23.3 Å². The third-order valence-corrected chi connectivity index (χ3v) is 2.87. The number of hydrogen-bond donors (Lipinski definition) is 0. The van der Waals surface area contributed by atoms with Crippen molar-refractivity contribution in [2.75, 3.05) is 6.54 Å². The van der Waals surface area contributed by atoms with Gasteiger partial charge in [-0.3, -0.25) is 14.5 Å². The van der Waals surface area contributed by atoms with E-state index in [0.717, 1.165) is 12.8 Å². The van der Waals surface area contributed by atoms with Crippen LogP contribution in [0, 0.1) is 0 Å². The summed E-state index contributed by atoms with van der Waals surface area (Å²) in [4.78, 5) is 25.3. The Morgan fingerprint density at radius 3 is 2.24 bits per heavy atom. The van der Waals surface area contributed by atoms with E-state index in [1.807, 2.05) is 19.1 Å². The molecule has 0 atom stereocenters. The highest BCUT2D eigenvalue weighted by Gasteiger charge is 2.34. The molecule has 0 saturated heterocycles. The van der Waals surface area contributed by atoms with Gasteiger partial charge in [0, 0.05) is 6.54 Å². The fourth-order valence-corrected chi connectivity index (χ4v) is 1.98. The van der Waals surface area contributed by atoms with Gasteiger partial charge in [0.1, 0.15) is 0 Å². The van der Waals surface area contributed by atoms with Crippen LogP contribution in [0.5, 0.6) is 0 Å². The Morgan fingerprint density at radius 2 is 1.71 bits per heavy atom. The third kappa shape index (κ3) is 2.13. The van der Waals surface area contributed by atoms with Gasteiger partial charge in [-0.1, -0.05) is 24.3 Å². The van der Waals surface area contributed by atoms with Gasteiger partial charge in [-0.15, -0.1) is 0 Å². The molecule has 0 bridgehead atoms. The first kappa shape index (κ1) is 11.6. The van der Waals surface area contributed by atoms with Crippen LogP contribution in [0.1, 0.15) is 40.5 Å². The molecule has 0 aromatic heterocycles. The molecule has 0 fully saturated rings. The van der Waals surface area contributed by atoms with Crippen molar-refractivity contribution in [1.82, 2.24) is 4.90 Å². The number of benzene rings is 1. The largest absolute Gasteiger partial charge is 0.274 e. The Hall–Kier alpha value is -1.90. The molecule has 0 unspecified atom stereocenters. The van der Waals surface area contributed by atoms with Crippen molar-refractivity contribution < 1.29 is 9.59 Å². The summed E-state index contributed by atoms with van der Waals surface area (Å²) in [6, 6.07) is 6.99. The van der Waals surface area contributed by atoms with Crippen molar-refractivity contribution in [2.24, 2.45) is 0 Å². The first-order valence-corrected chi connectivity index (χ1v) is 5.82. The number of rotatable bonds is 4. The lowest BCUT2D eigenvalue weighted by Crippen LogP contribution is -2.30. The number of nitrogens with zero attached hydrogens (tertiary/aromatic N) is 1. The molecule has 88 valence electrons. The number of hydrogen-bond acceptors (Lipinski definition) is 2. The average Bonchev–Trinajstić information content (AvgIpc) is 2.60. The van der Waals surface area contributed by atoms with Crippen LogP contribution < -0.4 is 0 Å². The van der Waals surface area contributed by atoms with Gasteiger partial charge in [0.2, 0.25) is 0 Å². The molecule has 1 aliphatic rings. The number of fused-ring (bicyclic) bond motifs is 1. The third-order valence-electron chi connectivity index (χ3n) is 2.87. The molecule has 2 amide bonds. The maximum absolute atomic E-state index is 12.0. The molecular formula is C14H15NO2. The second-order valence-electron chi connectivity index (χ2n) is 4.02. The highest BCUT2D eigenvalue weighted by molar-refractivity contribution is 6.21. The first-order chi connectivity index (χ1) is 8.25. The second kappa shape index (κ2) is 4.95. The molecule has 3 heteroatoms. The Kier molecular flexibility index (Phi) is 3.38. The Bertz CT molecular complexity index is 442. The van der Waals surface area contributed by atoms with Gasteiger partial charge >= 0.3 is 0 Å². The summed E-state index contributed by atoms with van der Waals surface area (Å²) in [7, 11) is 0. The highest BCUT2D eigenvalue weighted by atomic mass is 16.2. The van der Waals surface area contributed by atoms with Crippen molar-refractivity contribution in [3.63, 3.8) is 0 Å². The molecule has 1 aliphatic heterocycles. The SMILES string of the molecule is C/C=C\CCCN1C(=O)c2ccccc2C1=O. The summed E-state index contributed by atoms with van der Waals surface area (Å²) in [6.45, 7) is 2.46. The second-order valence-corrected chi connectivity index (χ2v) is 4.02. The maximum atomic E-state index is 12.0. The molecule has 1 heterocycles. The molecule has 17 heavy (non-hydrogen) atoms. The van der Waals surface area contributed by atoms with E-state index in [0.29, 0.717) is 17.7 Å². The highest BCUT2D eigenvalue weighted by Crippen LogP contribution is 2.22. The van der Waals surface area contributed by atoms with Gasteiger partial charge < -0.3 is 0 Å². The van der Waals surface area contributed by atoms with Gasteiger partial charge in [0.25, 0.3) is 11.8 Å². The van der Waals surface area contributed by atoms with Crippen LogP contribution in [0.15, 0.2) is 36.4 Å². The van der Waals surface area contributed by atoms with Crippen LogP contribution in [-0.2, 0) is 0 Å². The number of imide groups is 1. The van der Waals surface area contributed by atoms with Crippen LogP contribution in [0.25, 0.3) is 0 Å². The minimum Gasteiger partial charge on any atom is -0.274 e. The van der Waals surface area contributed by atoms with Crippen LogP contribution >= 0.6 is 0 Å². The van der Waals surface area contributed by atoms with Gasteiger partial charge in [0.15, 0.2) is 0 Å². The number of carbonyl (C=O) groups is 2. The lowest BCUT2D eigenvalue weighted by Gasteiger charge is -2.12. The van der Waals surface area contributed by atoms with Gasteiger partial charge in [-0.2, -0.15) is 0 Å². The van der Waals surface area contributed by atoms with Gasteiger partial charge in [-0.05, 0) is 31.9 Å². The van der Waals surface area contributed by atoms with Crippen LogP contribution in [0.4, 0.5) is 0 Å². The molecule has 2 rings (SSSR count). The molecule has 1 aromatic rings. The monoisotopic (exact) mass is 229 g/mol. The maximum Gasteiger partial charge on any atom is 0.261 e. The van der Waals surface area contributed by atoms with Crippen molar-refractivity contribution in [1.29, 1.82) is 0 Å². The minimum absolute atomic E-state index is 0.161. The van der Waals surface area contributed by atoms with Crippen molar-refractivity contribution in [2.45, 2.75) is 19.8 Å². The van der Waals surface area contributed by atoms with Gasteiger partial charge in [-0.25, -0.2) is 0 Å². The zero-order valence-corrected chi connectivity index (χ0v) is 9.85. The molecule has 0 saturated carbocycles. The quantitative estimate of drug-likeness (QED) is 0.452. The fraction of sp³-hybridized carbons (Fsp3) is 0.286. The predicted molar refractivity (Wildman–Crippen MR) is 65.9 cm³/mol. The standard InChI is InChI=1S/C14H15NO2/c1-2-3-4-7-10-15-13(16)11-8-5-6-9-12(11)14(15)17/h2-3,5-6,8-9H,4,7,10H2,1H3/b3-2-. The van der Waals surface area contributed by atoms with E-state index in [9.17, 15) is 9.59 Å². The zero-order chi connectivity index (χ0) is 12.3. The van der Waals surface area contributed by atoms with Crippen LogP contribution in [0.2, 0.25) is 0 Å². The molecule has 0 N–H and O–H groups in total. The van der Waals surface area contributed by atoms with E-state index < -0.39 is 0 Å². The lowest BCUT2D eigenvalue weighted by molar-refractivity contribution is 0.0653. The summed E-state index contributed by atoms with van der Waals surface area (Å²) in [5.41, 5.74) is 1.06. The summed E-state index contributed by atoms with van der Waals surface area (Å²) >= 11 is 0. The first-order valence-electron chi connectivity index (χ1n) is 5.82. The number of amides is 2. The zero-order valence-electron chi connectivity index (χ0n) is 9.85. The number of unbranched alkanes of at least 4 members (excludes halogenated alkanes) is 1. The summed E-state index contributed by atoms with van der Waals surface area (Å²) in [6.07, 6.45) is 5.72. The average molecular weight is 229 g/mol. The molecular weight excluding hydrogens is 214 g/mol. The smallest absolute Gasteiger partial charge is 0.261 e. The molecule has 1 aromatic carbocycles. The minimum atomic E-state index is -0.161. The van der Waals surface area contributed by atoms with Gasteiger partial charge in [0.05, 0.1) is 11.1 Å². The Labute approximate surface area is 101 Å². The molecule has 0 spiro atoms. The molecule has 0 radical (unpaired) electrons. The van der Waals surface area contributed by atoms with E-state index in [-0.39, 0.29) is 11.8 Å². The summed E-state index contributed by atoms with van der Waals surface area (Å²) in [5.74, 6) is -0.322. The topological polar surface area (TPSA) is 37.4 Å². The Morgan fingerprint density at radius 1 is 1.12 bits per heavy atom. The number of allylic oxidation sites excluding steroid dienone is 2. The van der Waals surface area contributed by atoms with Crippen molar-refractivity contribution in [3.8, 4) is 0 Å². The normalized spacial score (nSPS) is 14.8. The van der Waals surface area contributed by atoms with Crippen molar-refractivity contribution >= 4 is 11.8 Å². The summed E-state index contributed by atoms with van der Waals surface area (Å²) < 4.78 is 0. The number of carbonyl (C=O) groups excluding carboxylic acids is 2. The molecule has 3 nitrogen and oxygen atoms in total. The lowest BCUT2D eigenvalue weighted by atomic mass is 10.1. The predicted octanol–water partition coefficient (Wildman–Crippen LogP) is 2.64. The fourth-order valence-electron chi connectivity index (χ4n) is 1.98. The van der Waals surface area contributed by atoms with E-state index in [1.54, 1.807) is 24.3 Å². The summed E-state index contributed by atoms with van der Waals surface area (Å²) in [5, 5.41) is 0. The Balaban J connectivity index is 2.08. The van der Waals surface area contributed by atoms with E-state index >= 15 is 0 Å². The van der Waals surface area contributed by atoms with Crippen LogP contribution in [0.3, 0.4) is 0 Å². The van der Waals surface area contributed by atoms with E-state index in [1.165, 1.54) is 4.90 Å².